The van der Waals surface area contributed by atoms with Gasteiger partial charge in [0.1, 0.15) is 0 Å². The summed E-state index contributed by atoms with van der Waals surface area (Å²) < 4.78 is 0. The summed E-state index contributed by atoms with van der Waals surface area (Å²) >= 11 is 0. The Kier molecular flexibility index (Phi) is 5.49. The van der Waals surface area contributed by atoms with Crippen molar-refractivity contribution in [1.82, 2.24) is 4.90 Å². The summed E-state index contributed by atoms with van der Waals surface area (Å²) in [7, 11) is 2.25. The van der Waals surface area contributed by atoms with E-state index in [0.29, 0.717) is 6.04 Å². The third kappa shape index (κ3) is 4.97. The van der Waals surface area contributed by atoms with Gasteiger partial charge in [-0.05, 0) is 52.1 Å². The van der Waals surface area contributed by atoms with Crippen molar-refractivity contribution in [3.8, 4) is 0 Å². The molecule has 0 saturated heterocycles. The quantitative estimate of drug-likeness (QED) is 0.709. The fourth-order valence-corrected chi connectivity index (χ4v) is 2.41. The Labute approximate surface area is 88.8 Å². The van der Waals surface area contributed by atoms with E-state index in [1.807, 2.05) is 0 Å². The van der Waals surface area contributed by atoms with Crippen LogP contribution in [0.4, 0.5) is 0 Å². The van der Waals surface area contributed by atoms with Crippen molar-refractivity contribution in [3.05, 3.63) is 0 Å². The zero-order chi connectivity index (χ0) is 10.4. The van der Waals surface area contributed by atoms with Crippen LogP contribution >= 0.6 is 0 Å². The van der Waals surface area contributed by atoms with Crippen molar-refractivity contribution >= 4 is 0 Å². The zero-order valence-electron chi connectivity index (χ0n) is 9.84. The summed E-state index contributed by atoms with van der Waals surface area (Å²) in [6.07, 6.45) is 8.24. The van der Waals surface area contributed by atoms with Crippen LogP contribution in [0, 0.1) is 5.92 Å². The molecular weight excluding hydrogens is 172 g/mol. The molecule has 0 bridgehead atoms. The second kappa shape index (κ2) is 6.41. The summed E-state index contributed by atoms with van der Waals surface area (Å²) in [5, 5.41) is 0. The van der Waals surface area contributed by atoms with Crippen molar-refractivity contribution in [1.29, 1.82) is 0 Å². The van der Waals surface area contributed by atoms with Gasteiger partial charge in [0.15, 0.2) is 0 Å². The molecule has 84 valence electrons. The summed E-state index contributed by atoms with van der Waals surface area (Å²) in [5.74, 6) is 0.982. The lowest BCUT2D eigenvalue weighted by atomic mass is 10.1. The standard InChI is InChI=1S/C12H26N2/c1-11(13)6-5-9-14(2)10-12-7-3-4-8-12/h11-12H,3-10,13H2,1-2H3. The molecule has 2 heteroatoms. The van der Waals surface area contributed by atoms with E-state index < -0.39 is 0 Å². The lowest BCUT2D eigenvalue weighted by molar-refractivity contribution is 0.271. The summed E-state index contributed by atoms with van der Waals surface area (Å²) in [5.41, 5.74) is 5.72. The first-order chi connectivity index (χ1) is 6.68. The number of nitrogens with two attached hydrogens (primary N) is 1. The maximum atomic E-state index is 5.72. The minimum absolute atomic E-state index is 0.370. The Hall–Kier alpha value is -0.0800. The summed E-state index contributed by atoms with van der Waals surface area (Å²) in [4.78, 5) is 2.48. The highest BCUT2D eigenvalue weighted by Gasteiger charge is 2.16. The number of hydrogen-bond acceptors (Lipinski definition) is 2. The summed E-state index contributed by atoms with van der Waals surface area (Å²) in [6.45, 7) is 4.62. The zero-order valence-corrected chi connectivity index (χ0v) is 9.84. The van der Waals surface area contributed by atoms with Gasteiger partial charge in [-0.15, -0.1) is 0 Å². The average Bonchev–Trinajstić information content (AvgIpc) is 2.56. The van der Waals surface area contributed by atoms with E-state index in [2.05, 4.69) is 18.9 Å². The lowest BCUT2D eigenvalue weighted by Crippen LogP contribution is -2.26. The van der Waals surface area contributed by atoms with Gasteiger partial charge in [-0.1, -0.05) is 12.8 Å². The first-order valence-electron chi connectivity index (χ1n) is 6.12. The van der Waals surface area contributed by atoms with Gasteiger partial charge in [0.05, 0.1) is 0 Å². The van der Waals surface area contributed by atoms with E-state index in [-0.39, 0.29) is 0 Å². The fraction of sp³-hybridized carbons (Fsp3) is 1.00. The van der Waals surface area contributed by atoms with Crippen LogP contribution in [-0.4, -0.2) is 31.1 Å². The molecule has 1 unspecified atom stereocenters. The smallest absolute Gasteiger partial charge is 0.00109 e. The van der Waals surface area contributed by atoms with E-state index in [0.717, 1.165) is 12.3 Å². The van der Waals surface area contributed by atoms with Crippen molar-refractivity contribution in [2.75, 3.05) is 20.1 Å². The normalized spacial score (nSPS) is 20.6. The molecule has 1 fully saturated rings. The fourth-order valence-electron chi connectivity index (χ4n) is 2.41. The molecule has 2 nitrogen and oxygen atoms in total. The monoisotopic (exact) mass is 198 g/mol. The molecule has 1 aliphatic carbocycles. The van der Waals surface area contributed by atoms with Gasteiger partial charge in [-0.2, -0.15) is 0 Å². The first kappa shape index (κ1) is 12.0. The van der Waals surface area contributed by atoms with Crippen molar-refractivity contribution in [2.24, 2.45) is 11.7 Å². The Bertz CT molecular complexity index is 139. The molecule has 1 aliphatic rings. The Balaban J connectivity index is 2.00. The maximum absolute atomic E-state index is 5.72. The Morgan fingerprint density at radius 1 is 1.36 bits per heavy atom. The van der Waals surface area contributed by atoms with Crippen LogP contribution in [0.1, 0.15) is 45.4 Å². The highest BCUT2D eigenvalue weighted by atomic mass is 15.1. The van der Waals surface area contributed by atoms with Crippen LogP contribution in [-0.2, 0) is 0 Å². The third-order valence-corrected chi connectivity index (χ3v) is 3.24. The molecule has 0 amide bonds. The number of hydrogen-bond donors (Lipinski definition) is 1. The average molecular weight is 198 g/mol. The van der Waals surface area contributed by atoms with Gasteiger partial charge >= 0.3 is 0 Å². The molecule has 1 rings (SSSR count). The maximum Gasteiger partial charge on any atom is 0.00109 e. The number of rotatable bonds is 6. The molecular formula is C12H26N2. The van der Waals surface area contributed by atoms with Gasteiger partial charge in [0, 0.05) is 12.6 Å². The molecule has 0 heterocycles. The van der Waals surface area contributed by atoms with Crippen LogP contribution in [0.5, 0.6) is 0 Å². The minimum atomic E-state index is 0.370. The third-order valence-electron chi connectivity index (χ3n) is 3.24. The van der Waals surface area contributed by atoms with E-state index in [1.54, 1.807) is 0 Å². The van der Waals surface area contributed by atoms with Crippen LogP contribution < -0.4 is 5.73 Å². The van der Waals surface area contributed by atoms with E-state index in [1.165, 1.54) is 45.2 Å². The second-order valence-electron chi connectivity index (χ2n) is 5.03. The SMILES string of the molecule is CC(N)CCCN(C)CC1CCCC1. The molecule has 0 aliphatic heterocycles. The van der Waals surface area contributed by atoms with Crippen molar-refractivity contribution < 1.29 is 0 Å². The highest BCUT2D eigenvalue weighted by Crippen LogP contribution is 2.25. The molecule has 0 aromatic carbocycles. The predicted octanol–water partition coefficient (Wildman–Crippen LogP) is 2.24. The van der Waals surface area contributed by atoms with Gasteiger partial charge in [0.25, 0.3) is 0 Å². The van der Waals surface area contributed by atoms with Gasteiger partial charge in [-0.25, -0.2) is 0 Å². The first-order valence-corrected chi connectivity index (χ1v) is 6.12. The molecule has 2 N–H and O–H groups in total. The van der Waals surface area contributed by atoms with Crippen LogP contribution in [0.3, 0.4) is 0 Å². The molecule has 1 saturated carbocycles. The van der Waals surface area contributed by atoms with Gasteiger partial charge in [0.2, 0.25) is 0 Å². The van der Waals surface area contributed by atoms with Gasteiger partial charge < -0.3 is 10.6 Å². The van der Waals surface area contributed by atoms with Crippen LogP contribution in [0.2, 0.25) is 0 Å². The lowest BCUT2D eigenvalue weighted by Gasteiger charge is -2.20. The predicted molar refractivity (Wildman–Crippen MR) is 62.3 cm³/mol. The minimum Gasteiger partial charge on any atom is -0.328 e. The molecule has 14 heavy (non-hydrogen) atoms. The Morgan fingerprint density at radius 3 is 2.57 bits per heavy atom. The molecule has 0 radical (unpaired) electrons. The van der Waals surface area contributed by atoms with Crippen LogP contribution in [0.25, 0.3) is 0 Å². The largest absolute Gasteiger partial charge is 0.328 e. The molecule has 1 atom stereocenters. The second-order valence-corrected chi connectivity index (χ2v) is 5.03. The number of nitrogens with zero attached hydrogens (tertiary/aromatic N) is 1. The highest BCUT2D eigenvalue weighted by molar-refractivity contribution is 4.70. The van der Waals surface area contributed by atoms with E-state index >= 15 is 0 Å². The molecule has 0 aromatic rings. The van der Waals surface area contributed by atoms with Crippen molar-refractivity contribution in [3.63, 3.8) is 0 Å². The van der Waals surface area contributed by atoms with Crippen molar-refractivity contribution in [2.45, 2.75) is 51.5 Å². The van der Waals surface area contributed by atoms with E-state index in [9.17, 15) is 0 Å². The molecule has 0 spiro atoms. The summed E-state index contributed by atoms with van der Waals surface area (Å²) in [6, 6.07) is 0.370. The van der Waals surface area contributed by atoms with Crippen LogP contribution in [0.15, 0.2) is 0 Å². The van der Waals surface area contributed by atoms with Gasteiger partial charge in [-0.3, -0.25) is 0 Å². The van der Waals surface area contributed by atoms with E-state index in [4.69, 9.17) is 5.73 Å². The molecule has 0 aromatic heterocycles. The topological polar surface area (TPSA) is 29.3 Å². The Morgan fingerprint density at radius 2 is 2.00 bits per heavy atom.